The van der Waals surface area contributed by atoms with Crippen LogP contribution in [0.15, 0.2) is 10.6 Å². The number of hydrogen-bond acceptors (Lipinski definition) is 5. The Morgan fingerprint density at radius 1 is 1.42 bits per heavy atom. The molecule has 24 heavy (non-hydrogen) atoms. The van der Waals surface area contributed by atoms with Crippen LogP contribution in [0.3, 0.4) is 0 Å². The molecule has 2 fully saturated rings. The summed E-state index contributed by atoms with van der Waals surface area (Å²) in [4.78, 5) is 17.4. The molecule has 0 aromatic carbocycles. The fraction of sp³-hybridized carbons (Fsp3) is 0.611. The molecule has 1 aliphatic heterocycles. The number of nitrogens with zero attached hydrogens (tertiary/aromatic N) is 2. The Balaban J connectivity index is 1.77. The van der Waals surface area contributed by atoms with E-state index in [9.17, 15) is 4.79 Å². The fourth-order valence-electron chi connectivity index (χ4n) is 3.31. The quantitative estimate of drug-likeness (QED) is 0.882. The first-order valence-electron chi connectivity index (χ1n) is 8.95. The lowest BCUT2D eigenvalue weighted by atomic mass is 10.0. The van der Waals surface area contributed by atoms with E-state index < -0.39 is 0 Å². The first-order chi connectivity index (χ1) is 11.6. The highest BCUT2D eigenvalue weighted by Gasteiger charge is 2.31. The minimum absolute atomic E-state index is 0.0551. The second-order valence-electron chi connectivity index (χ2n) is 7.37. The summed E-state index contributed by atoms with van der Waals surface area (Å²) in [6.45, 7) is 5.81. The summed E-state index contributed by atoms with van der Waals surface area (Å²) < 4.78 is 5.52. The van der Waals surface area contributed by atoms with Crippen LogP contribution in [-0.4, -0.2) is 29.1 Å². The van der Waals surface area contributed by atoms with Gasteiger partial charge in [-0.1, -0.05) is 19.0 Å². The average Bonchev–Trinajstić information content (AvgIpc) is 3.11. The number of rotatable bonds is 5. The summed E-state index contributed by atoms with van der Waals surface area (Å²) in [5.41, 5.74) is 2.94. The van der Waals surface area contributed by atoms with Crippen molar-refractivity contribution in [1.29, 1.82) is 0 Å². The van der Waals surface area contributed by atoms with Gasteiger partial charge in [-0.2, -0.15) is 0 Å². The predicted octanol–water partition coefficient (Wildman–Crippen LogP) is 2.91. The van der Waals surface area contributed by atoms with E-state index in [1.165, 1.54) is 0 Å². The number of amides is 1. The Hall–Kier alpha value is -1.95. The van der Waals surface area contributed by atoms with Crippen LogP contribution in [0, 0.1) is 5.92 Å². The van der Waals surface area contributed by atoms with E-state index in [1.807, 2.05) is 6.07 Å². The molecule has 2 aliphatic rings. The number of fused-ring (bicyclic) bond motifs is 1. The fourth-order valence-corrected chi connectivity index (χ4v) is 3.31. The second-order valence-corrected chi connectivity index (χ2v) is 7.37. The summed E-state index contributed by atoms with van der Waals surface area (Å²) >= 11 is 0. The van der Waals surface area contributed by atoms with Crippen LogP contribution < -0.4 is 10.6 Å². The van der Waals surface area contributed by atoms with Gasteiger partial charge in [0.1, 0.15) is 5.69 Å². The molecule has 2 aromatic rings. The van der Waals surface area contributed by atoms with Crippen molar-refractivity contribution in [3.05, 3.63) is 23.0 Å². The van der Waals surface area contributed by atoms with Crippen molar-refractivity contribution < 1.29 is 9.32 Å². The minimum atomic E-state index is -0.0551. The predicted molar refractivity (Wildman–Crippen MR) is 90.9 cm³/mol. The molecular weight excluding hydrogens is 304 g/mol. The molecule has 1 saturated heterocycles. The van der Waals surface area contributed by atoms with Gasteiger partial charge < -0.3 is 15.2 Å². The standard InChI is InChI=1S/C18H24N4O2/c1-10(2)9-20-17(23)12-8-14(11-5-6-11)21-18-15(12)16(22-24-18)13-4-3-7-19-13/h8,10-11,13,19H,3-7,9H2,1-2H3,(H,20,23). The van der Waals surface area contributed by atoms with Crippen LogP contribution in [0.2, 0.25) is 0 Å². The van der Waals surface area contributed by atoms with Crippen molar-refractivity contribution in [3.63, 3.8) is 0 Å². The van der Waals surface area contributed by atoms with Crippen LogP contribution in [0.4, 0.5) is 0 Å². The van der Waals surface area contributed by atoms with Gasteiger partial charge >= 0.3 is 0 Å². The highest BCUT2D eigenvalue weighted by Crippen LogP contribution is 2.41. The maximum atomic E-state index is 12.8. The first kappa shape index (κ1) is 15.6. The highest BCUT2D eigenvalue weighted by atomic mass is 16.5. The lowest BCUT2D eigenvalue weighted by Crippen LogP contribution is -2.28. The lowest BCUT2D eigenvalue weighted by Gasteiger charge is -2.11. The number of hydrogen-bond donors (Lipinski definition) is 2. The molecule has 0 spiro atoms. The van der Waals surface area contributed by atoms with Gasteiger partial charge in [0.2, 0.25) is 0 Å². The van der Waals surface area contributed by atoms with E-state index in [1.54, 1.807) is 0 Å². The zero-order valence-electron chi connectivity index (χ0n) is 14.3. The van der Waals surface area contributed by atoms with Gasteiger partial charge in [0.15, 0.2) is 0 Å². The summed E-state index contributed by atoms with van der Waals surface area (Å²) in [5.74, 6) is 0.817. The van der Waals surface area contributed by atoms with Crippen LogP contribution in [0.1, 0.15) is 73.2 Å². The van der Waals surface area contributed by atoms with Crippen molar-refractivity contribution in [2.45, 2.75) is 51.5 Å². The lowest BCUT2D eigenvalue weighted by molar-refractivity contribution is 0.0950. The van der Waals surface area contributed by atoms with E-state index >= 15 is 0 Å². The largest absolute Gasteiger partial charge is 0.352 e. The zero-order valence-corrected chi connectivity index (χ0v) is 14.3. The number of carbonyl (C=O) groups excluding carboxylic acids is 1. The molecular formula is C18H24N4O2. The molecule has 1 saturated carbocycles. The van der Waals surface area contributed by atoms with E-state index in [0.717, 1.165) is 49.0 Å². The molecule has 128 valence electrons. The van der Waals surface area contributed by atoms with Crippen molar-refractivity contribution >= 4 is 17.0 Å². The monoisotopic (exact) mass is 328 g/mol. The van der Waals surface area contributed by atoms with E-state index in [4.69, 9.17) is 4.52 Å². The SMILES string of the molecule is CC(C)CNC(=O)c1cc(C2CC2)nc2onc(C3CCCN3)c12. The van der Waals surface area contributed by atoms with Gasteiger partial charge in [-0.15, -0.1) is 0 Å². The van der Waals surface area contributed by atoms with E-state index in [-0.39, 0.29) is 11.9 Å². The Morgan fingerprint density at radius 3 is 2.92 bits per heavy atom. The van der Waals surface area contributed by atoms with Crippen LogP contribution in [-0.2, 0) is 0 Å². The summed E-state index contributed by atoms with van der Waals surface area (Å²) in [6.07, 6.45) is 4.40. The number of nitrogens with one attached hydrogen (secondary N) is 2. The Labute approximate surface area is 141 Å². The maximum absolute atomic E-state index is 12.8. The second kappa shape index (κ2) is 6.16. The molecule has 1 amide bonds. The molecule has 3 heterocycles. The summed E-state index contributed by atoms with van der Waals surface area (Å²) in [7, 11) is 0. The molecule has 2 N–H and O–H groups in total. The van der Waals surface area contributed by atoms with Gasteiger partial charge in [0, 0.05) is 18.2 Å². The molecule has 1 atom stereocenters. The minimum Gasteiger partial charge on any atom is -0.352 e. The van der Waals surface area contributed by atoms with Gasteiger partial charge in [-0.3, -0.25) is 4.79 Å². The first-order valence-corrected chi connectivity index (χ1v) is 8.95. The number of carbonyl (C=O) groups is 1. The Kier molecular flexibility index (Phi) is 4.00. The number of pyridine rings is 1. The topological polar surface area (TPSA) is 80.1 Å². The summed E-state index contributed by atoms with van der Waals surface area (Å²) in [5, 5.41) is 11.5. The smallest absolute Gasteiger partial charge is 0.259 e. The van der Waals surface area contributed by atoms with Crippen LogP contribution >= 0.6 is 0 Å². The van der Waals surface area contributed by atoms with E-state index in [0.29, 0.717) is 29.7 Å². The number of aromatic nitrogens is 2. The van der Waals surface area contributed by atoms with Crippen molar-refractivity contribution in [2.24, 2.45) is 5.92 Å². The molecule has 1 unspecified atom stereocenters. The third kappa shape index (κ3) is 2.90. The molecule has 2 aromatic heterocycles. The molecule has 0 radical (unpaired) electrons. The van der Waals surface area contributed by atoms with Crippen LogP contribution in [0.5, 0.6) is 0 Å². The van der Waals surface area contributed by atoms with Crippen molar-refractivity contribution in [2.75, 3.05) is 13.1 Å². The zero-order chi connectivity index (χ0) is 16.7. The molecule has 4 rings (SSSR count). The third-order valence-corrected chi connectivity index (χ3v) is 4.79. The van der Waals surface area contributed by atoms with Crippen molar-refractivity contribution in [1.82, 2.24) is 20.8 Å². The molecule has 0 bridgehead atoms. The Bertz CT molecular complexity index is 758. The third-order valence-electron chi connectivity index (χ3n) is 4.79. The average molecular weight is 328 g/mol. The molecule has 6 heteroatoms. The molecule has 1 aliphatic carbocycles. The van der Waals surface area contributed by atoms with Gasteiger partial charge in [-0.05, 0) is 44.2 Å². The van der Waals surface area contributed by atoms with E-state index in [2.05, 4.69) is 34.6 Å². The maximum Gasteiger partial charge on any atom is 0.259 e. The van der Waals surface area contributed by atoms with Gasteiger partial charge in [0.05, 0.1) is 17.0 Å². The highest BCUT2D eigenvalue weighted by molar-refractivity contribution is 6.06. The van der Waals surface area contributed by atoms with Crippen molar-refractivity contribution in [3.8, 4) is 0 Å². The van der Waals surface area contributed by atoms with Crippen LogP contribution in [0.25, 0.3) is 11.1 Å². The van der Waals surface area contributed by atoms with Gasteiger partial charge in [-0.25, -0.2) is 4.98 Å². The Morgan fingerprint density at radius 2 is 2.25 bits per heavy atom. The van der Waals surface area contributed by atoms with Gasteiger partial charge in [0.25, 0.3) is 11.6 Å². The summed E-state index contributed by atoms with van der Waals surface area (Å²) in [6, 6.07) is 2.10. The normalized spacial score (nSPS) is 20.9. The molecule has 6 nitrogen and oxygen atoms in total.